The number of nitrogens with zero attached hydrogens (tertiary/aromatic N) is 1. The normalized spacial score (nSPS) is 12.2. The minimum Gasteiger partial charge on any atom is -0.285 e. The molecular formula is C12H23NO2. The van der Waals surface area contributed by atoms with Gasteiger partial charge in [-0.3, -0.25) is 14.5 Å². The summed E-state index contributed by atoms with van der Waals surface area (Å²) in [6.45, 7) is 6.54. The molecule has 0 radical (unpaired) electrons. The molecule has 0 aromatic carbocycles. The molecule has 88 valence electrons. The van der Waals surface area contributed by atoms with E-state index in [1.165, 1.54) is 17.7 Å². The minimum absolute atomic E-state index is 0.0380. The van der Waals surface area contributed by atoms with Crippen LogP contribution in [0.5, 0.6) is 0 Å². The number of unbranched alkanes of at least 4 members (excludes halogenated alkanes) is 3. The summed E-state index contributed by atoms with van der Waals surface area (Å²) in [6.07, 6.45) is 5.81. The minimum atomic E-state index is -0.0404. The fourth-order valence-electron chi connectivity index (χ4n) is 1.38. The topological polar surface area (TPSA) is 37.4 Å². The molecule has 0 heterocycles. The summed E-state index contributed by atoms with van der Waals surface area (Å²) >= 11 is 0. The molecule has 3 nitrogen and oxygen atoms in total. The van der Waals surface area contributed by atoms with Crippen LogP contribution in [0.15, 0.2) is 0 Å². The van der Waals surface area contributed by atoms with Gasteiger partial charge in [0, 0.05) is 12.5 Å². The van der Waals surface area contributed by atoms with E-state index in [1.807, 2.05) is 13.8 Å². The highest BCUT2D eigenvalue weighted by atomic mass is 16.2. The van der Waals surface area contributed by atoms with E-state index in [9.17, 15) is 9.59 Å². The summed E-state index contributed by atoms with van der Waals surface area (Å²) < 4.78 is 0. The maximum absolute atomic E-state index is 11.7. The van der Waals surface area contributed by atoms with E-state index in [2.05, 4.69) is 6.92 Å². The zero-order valence-electron chi connectivity index (χ0n) is 10.2. The standard InChI is InChI=1S/C12H23NO2/c1-4-6-7-8-9-13(10-14)12(15)11(3)5-2/h10-11H,4-9H2,1-3H3. The lowest BCUT2D eigenvalue weighted by Crippen LogP contribution is -2.34. The summed E-state index contributed by atoms with van der Waals surface area (Å²) in [7, 11) is 0. The van der Waals surface area contributed by atoms with Crippen LogP contribution in [0.4, 0.5) is 0 Å². The summed E-state index contributed by atoms with van der Waals surface area (Å²) in [5, 5.41) is 0. The van der Waals surface area contributed by atoms with Crippen molar-refractivity contribution in [3.8, 4) is 0 Å². The predicted octanol–water partition coefficient (Wildman–Crippen LogP) is 2.60. The Balaban J connectivity index is 3.91. The summed E-state index contributed by atoms with van der Waals surface area (Å²) in [5.41, 5.74) is 0. The highest BCUT2D eigenvalue weighted by molar-refractivity contribution is 5.87. The Morgan fingerprint density at radius 1 is 1.27 bits per heavy atom. The van der Waals surface area contributed by atoms with Crippen molar-refractivity contribution >= 4 is 12.3 Å². The van der Waals surface area contributed by atoms with Crippen LogP contribution >= 0.6 is 0 Å². The molecular weight excluding hydrogens is 190 g/mol. The average molecular weight is 213 g/mol. The second-order valence-corrected chi connectivity index (χ2v) is 4.01. The molecule has 0 saturated carbocycles. The number of carbonyl (C=O) groups is 2. The largest absolute Gasteiger partial charge is 0.285 e. The van der Waals surface area contributed by atoms with Crippen molar-refractivity contribution in [3.63, 3.8) is 0 Å². The SMILES string of the molecule is CCCCCCN(C=O)C(=O)C(C)CC. The first-order chi connectivity index (χ1) is 7.17. The van der Waals surface area contributed by atoms with Gasteiger partial charge in [-0.05, 0) is 12.8 Å². The Morgan fingerprint density at radius 3 is 2.40 bits per heavy atom. The lowest BCUT2D eigenvalue weighted by atomic mass is 10.1. The van der Waals surface area contributed by atoms with Gasteiger partial charge in [-0.1, -0.05) is 40.0 Å². The third-order valence-corrected chi connectivity index (χ3v) is 2.70. The molecule has 0 rings (SSSR count). The lowest BCUT2D eigenvalue weighted by molar-refractivity contribution is -0.141. The van der Waals surface area contributed by atoms with Gasteiger partial charge >= 0.3 is 0 Å². The Hall–Kier alpha value is -0.860. The van der Waals surface area contributed by atoms with E-state index >= 15 is 0 Å². The quantitative estimate of drug-likeness (QED) is 0.459. The molecule has 2 amide bonds. The number of hydrogen-bond acceptors (Lipinski definition) is 2. The number of hydrogen-bond donors (Lipinski definition) is 0. The van der Waals surface area contributed by atoms with E-state index in [0.717, 1.165) is 19.3 Å². The number of imide groups is 1. The van der Waals surface area contributed by atoms with Crippen LogP contribution in [0.2, 0.25) is 0 Å². The monoisotopic (exact) mass is 213 g/mol. The van der Waals surface area contributed by atoms with Crippen molar-refractivity contribution in [1.29, 1.82) is 0 Å². The fraction of sp³-hybridized carbons (Fsp3) is 0.833. The second-order valence-electron chi connectivity index (χ2n) is 4.01. The Kier molecular flexibility index (Phi) is 7.96. The maximum Gasteiger partial charge on any atom is 0.231 e. The van der Waals surface area contributed by atoms with Gasteiger partial charge in [0.1, 0.15) is 0 Å². The van der Waals surface area contributed by atoms with Crippen LogP contribution in [-0.4, -0.2) is 23.8 Å². The highest BCUT2D eigenvalue weighted by Gasteiger charge is 2.17. The van der Waals surface area contributed by atoms with Crippen molar-refractivity contribution in [1.82, 2.24) is 4.90 Å². The lowest BCUT2D eigenvalue weighted by Gasteiger charge is -2.18. The molecule has 0 aliphatic heterocycles. The smallest absolute Gasteiger partial charge is 0.231 e. The number of rotatable bonds is 8. The Morgan fingerprint density at radius 2 is 1.93 bits per heavy atom. The Labute approximate surface area is 92.8 Å². The molecule has 1 atom stereocenters. The molecule has 0 aromatic rings. The number of amides is 2. The zero-order valence-corrected chi connectivity index (χ0v) is 10.2. The molecule has 15 heavy (non-hydrogen) atoms. The number of carbonyl (C=O) groups excluding carboxylic acids is 2. The third kappa shape index (κ3) is 5.55. The van der Waals surface area contributed by atoms with E-state index in [-0.39, 0.29) is 11.8 Å². The van der Waals surface area contributed by atoms with E-state index in [1.54, 1.807) is 0 Å². The van der Waals surface area contributed by atoms with Crippen LogP contribution in [0.3, 0.4) is 0 Å². The summed E-state index contributed by atoms with van der Waals surface area (Å²) in [5.74, 6) is -0.0784. The van der Waals surface area contributed by atoms with Crippen molar-refractivity contribution in [2.75, 3.05) is 6.54 Å². The first kappa shape index (κ1) is 14.1. The highest BCUT2D eigenvalue weighted by Crippen LogP contribution is 2.07. The summed E-state index contributed by atoms with van der Waals surface area (Å²) in [4.78, 5) is 23.7. The van der Waals surface area contributed by atoms with E-state index in [0.29, 0.717) is 13.0 Å². The van der Waals surface area contributed by atoms with Crippen LogP contribution in [-0.2, 0) is 9.59 Å². The first-order valence-electron chi connectivity index (χ1n) is 5.93. The molecule has 0 saturated heterocycles. The molecule has 0 aliphatic carbocycles. The molecule has 0 aromatic heterocycles. The van der Waals surface area contributed by atoms with Crippen LogP contribution < -0.4 is 0 Å². The maximum atomic E-state index is 11.7. The second kappa shape index (κ2) is 8.45. The molecule has 0 spiro atoms. The first-order valence-corrected chi connectivity index (χ1v) is 5.93. The van der Waals surface area contributed by atoms with Crippen molar-refractivity contribution in [2.24, 2.45) is 5.92 Å². The van der Waals surface area contributed by atoms with Gasteiger partial charge in [-0.2, -0.15) is 0 Å². The van der Waals surface area contributed by atoms with Crippen molar-refractivity contribution in [2.45, 2.75) is 52.9 Å². The van der Waals surface area contributed by atoms with Crippen molar-refractivity contribution < 1.29 is 9.59 Å². The van der Waals surface area contributed by atoms with Crippen molar-refractivity contribution in [3.05, 3.63) is 0 Å². The molecule has 0 bridgehead atoms. The molecule has 1 unspecified atom stereocenters. The van der Waals surface area contributed by atoms with Gasteiger partial charge in [0.15, 0.2) is 0 Å². The van der Waals surface area contributed by atoms with Gasteiger partial charge < -0.3 is 0 Å². The third-order valence-electron chi connectivity index (χ3n) is 2.70. The molecule has 3 heteroatoms. The van der Waals surface area contributed by atoms with E-state index in [4.69, 9.17) is 0 Å². The van der Waals surface area contributed by atoms with Gasteiger partial charge in [0.05, 0.1) is 0 Å². The predicted molar refractivity (Wildman–Crippen MR) is 61.4 cm³/mol. The van der Waals surface area contributed by atoms with Gasteiger partial charge in [0.25, 0.3) is 0 Å². The molecule has 0 fully saturated rings. The van der Waals surface area contributed by atoms with Crippen LogP contribution in [0.1, 0.15) is 52.9 Å². The zero-order chi connectivity index (χ0) is 11.7. The fourth-order valence-corrected chi connectivity index (χ4v) is 1.38. The van der Waals surface area contributed by atoms with Gasteiger partial charge in [-0.25, -0.2) is 0 Å². The summed E-state index contributed by atoms with van der Waals surface area (Å²) in [6, 6.07) is 0. The molecule has 0 N–H and O–H groups in total. The van der Waals surface area contributed by atoms with Crippen LogP contribution in [0, 0.1) is 5.92 Å². The Bertz CT molecular complexity index is 192. The van der Waals surface area contributed by atoms with Crippen LogP contribution in [0.25, 0.3) is 0 Å². The molecule has 0 aliphatic rings. The van der Waals surface area contributed by atoms with Gasteiger partial charge in [0.2, 0.25) is 12.3 Å². The van der Waals surface area contributed by atoms with Gasteiger partial charge in [-0.15, -0.1) is 0 Å². The average Bonchev–Trinajstić information content (AvgIpc) is 2.27. The van der Waals surface area contributed by atoms with E-state index < -0.39 is 0 Å².